The Kier molecular flexibility index (Phi) is 9.12. The summed E-state index contributed by atoms with van der Waals surface area (Å²) < 4.78 is 0. The molecular formula is C26H25N5O6. The average molecular weight is 504 g/mol. The molecule has 2 aromatic carbocycles. The van der Waals surface area contributed by atoms with Crippen LogP contribution in [0.25, 0.3) is 6.08 Å². The first-order chi connectivity index (χ1) is 17.8. The van der Waals surface area contributed by atoms with E-state index in [4.69, 9.17) is 11.6 Å². The number of hydrogen-bond donors (Lipinski definition) is 5. The molecular weight excluding hydrogens is 478 g/mol. The van der Waals surface area contributed by atoms with Gasteiger partial charge in [-0.1, -0.05) is 18.1 Å². The van der Waals surface area contributed by atoms with Gasteiger partial charge in [-0.2, -0.15) is 0 Å². The second kappa shape index (κ2) is 12.7. The number of nitrogens with one attached hydrogen (secondary N) is 4. The van der Waals surface area contributed by atoms with Crippen molar-refractivity contribution in [3.05, 3.63) is 76.5 Å². The molecule has 0 aliphatic carbocycles. The van der Waals surface area contributed by atoms with Crippen molar-refractivity contribution in [3.63, 3.8) is 0 Å². The van der Waals surface area contributed by atoms with Crippen LogP contribution in [-0.4, -0.2) is 65.8 Å². The minimum absolute atomic E-state index is 0.0192. The summed E-state index contributed by atoms with van der Waals surface area (Å²) in [5, 5.41) is 16.6. The number of amides is 5. The van der Waals surface area contributed by atoms with E-state index in [0.29, 0.717) is 36.2 Å². The van der Waals surface area contributed by atoms with Gasteiger partial charge >= 0.3 is 0 Å². The SMILES string of the molecule is C#CCN1C(=O)CNC(=O)/C1=C/c1ccc(C(=O)NCCCNC(=O)c2ccc(C(=O)NO)cc2)cc1. The number of piperazine rings is 1. The van der Waals surface area contributed by atoms with Crippen molar-refractivity contribution in [2.75, 3.05) is 26.2 Å². The summed E-state index contributed by atoms with van der Waals surface area (Å²) in [4.78, 5) is 61.4. The number of carbonyl (C=O) groups is 5. The van der Waals surface area contributed by atoms with Gasteiger partial charge in [-0.15, -0.1) is 6.42 Å². The van der Waals surface area contributed by atoms with E-state index >= 15 is 0 Å². The number of nitrogens with zero attached hydrogens (tertiary/aromatic N) is 1. The number of rotatable bonds is 9. The van der Waals surface area contributed by atoms with Crippen molar-refractivity contribution in [3.8, 4) is 12.3 Å². The molecule has 0 unspecified atom stereocenters. The second-order valence-corrected chi connectivity index (χ2v) is 7.90. The highest BCUT2D eigenvalue weighted by Crippen LogP contribution is 2.15. The van der Waals surface area contributed by atoms with Gasteiger partial charge in [0.15, 0.2) is 0 Å². The van der Waals surface area contributed by atoms with E-state index in [-0.39, 0.29) is 42.1 Å². The van der Waals surface area contributed by atoms with Crippen LogP contribution < -0.4 is 21.4 Å². The van der Waals surface area contributed by atoms with Crippen LogP contribution in [0.1, 0.15) is 43.1 Å². The summed E-state index contributed by atoms with van der Waals surface area (Å²) in [6.45, 7) is 0.511. The minimum Gasteiger partial charge on any atom is -0.352 e. The maximum Gasteiger partial charge on any atom is 0.274 e. The molecule has 11 nitrogen and oxygen atoms in total. The van der Waals surface area contributed by atoms with Crippen molar-refractivity contribution >= 4 is 35.6 Å². The van der Waals surface area contributed by atoms with Gasteiger partial charge < -0.3 is 16.0 Å². The number of benzene rings is 2. The van der Waals surface area contributed by atoms with E-state index in [0.717, 1.165) is 0 Å². The van der Waals surface area contributed by atoms with Crippen LogP contribution in [0.2, 0.25) is 0 Å². The molecule has 3 rings (SSSR count). The van der Waals surface area contributed by atoms with E-state index < -0.39 is 11.8 Å². The molecule has 5 amide bonds. The van der Waals surface area contributed by atoms with Crippen LogP contribution in [0.15, 0.2) is 54.2 Å². The lowest BCUT2D eigenvalue weighted by molar-refractivity contribution is -0.135. The van der Waals surface area contributed by atoms with Crippen LogP contribution in [0.3, 0.4) is 0 Å². The van der Waals surface area contributed by atoms with Crippen molar-refractivity contribution < 1.29 is 29.2 Å². The Labute approximate surface area is 212 Å². The molecule has 1 fully saturated rings. The van der Waals surface area contributed by atoms with Gasteiger partial charge in [-0.25, -0.2) is 5.48 Å². The largest absolute Gasteiger partial charge is 0.352 e. The summed E-state index contributed by atoms with van der Waals surface area (Å²) in [5.41, 5.74) is 3.25. The standard InChI is InChI=1S/C26H25N5O6/c1-2-14-31-21(26(36)29-16-22(31)32)15-17-4-6-18(7-5-17)23(33)27-12-3-13-28-24(34)19-8-10-20(11-9-19)25(35)30-37/h1,4-11,15,37H,3,12-14,16H2,(H,27,33)(H,28,34)(H,29,36)(H,30,35)/b21-15-. The molecule has 0 saturated carbocycles. The zero-order valence-corrected chi connectivity index (χ0v) is 19.7. The van der Waals surface area contributed by atoms with Gasteiger partial charge in [0.1, 0.15) is 5.70 Å². The number of terminal acetylenes is 1. The maximum absolute atomic E-state index is 12.4. The normalized spacial score (nSPS) is 13.9. The van der Waals surface area contributed by atoms with E-state index in [2.05, 4.69) is 21.9 Å². The van der Waals surface area contributed by atoms with E-state index in [1.165, 1.54) is 40.7 Å². The third-order valence-electron chi connectivity index (χ3n) is 5.39. The molecule has 0 atom stereocenters. The Bertz CT molecular complexity index is 1260. The molecule has 0 bridgehead atoms. The zero-order valence-electron chi connectivity index (χ0n) is 19.7. The predicted octanol–water partition coefficient (Wildman–Crippen LogP) is 0.288. The van der Waals surface area contributed by atoms with Crippen molar-refractivity contribution in [1.82, 2.24) is 26.3 Å². The van der Waals surface area contributed by atoms with Gasteiger partial charge in [-0.05, 0) is 54.5 Å². The monoisotopic (exact) mass is 503 g/mol. The summed E-state index contributed by atoms with van der Waals surface area (Å²) in [7, 11) is 0. The Balaban J connectivity index is 1.46. The van der Waals surface area contributed by atoms with Crippen LogP contribution in [0, 0.1) is 12.3 Å². The molecule has 1 aliphatic heterocycles. The Morgan fingerprint density at radius 1 is 0.919 bits per heavy atom. The quantitative estimate of drug-likeness (QED) is 0.109. The van der Waals surface area contributed by atoms with Gasteiger partial charge in [-0.3, -0.25) is 34.1 Å². The molecule has 5 N–H and O–H groups in total. The third-order valence-corrected chi connectivity index (χ3v) is 5.39. The first-order valence-corrected chi connectivity index (χ1v) is 11.3. The lowest BCUT2D eigenvalue weighted by Gasteiger charge is -2.27. The fourth-order valence-corrected chi connectivity index (χ4v) is 3.43. The summed E-state index contributed by atoms with van der Waals surface area (Å²) in [6.07, 6.45) is 7.33. The lowest BCUT2D eigenvalue weighted by atomic mass is 10.1. The fourth-order valence-electron chi connectivity index (χ4n) is 3.43. The number of carbonyl (C=O) groups excluding carboxylic acids is 5. The van der Waals surface area contributed by atoms with E-state index in [9.17, 15) is 24.0 Å². The summed E-state index contributed by atoms with van der Waals surface area (Å²) >= 11 is 0. The van der Waals surface area contributed by atoms with E-state index in [1.807, 2.05) is 0 Å². The van der Waals surface area contributed by atoms with Crippen molar-refractivity contribution in [1.29, 1.82) is 0 Å². The molecule has 2 aromatic rings. The number of hydroxylamine groups is 1. The first kappa shape index (κ1) is 26.7. The minimum atomic E-state index is -0.672. The predicted molar refractivity (Wildman–Crippen MR) is 133 cm³/mol. The summed E-state index contributed by atoms with van der Waals surface area (Å²) in [6, 6.07) is 12.3. The van der Waals surface area contributed by atoms with Gasteiger partial charge in [0, 0.05) is 29.8 Å². The molecule has 11 heteroatoms. The molecule has 190 valence electrons. The lowest BCUT2D eigenvalue weighted by Crippen LogP contribution is -2.49. The molecule has 0 aromatic heterocycles. The Morgan fingerprint density at radius 3 is 1.95 bits per heavy atom. The molecule has 0 spiro atoms. The molecule has 1 heterocycles. The zero-order chi connectivity index (χ0) is 26.8. The maximum atomic E-state index is 12.4. The third kappa shape index (κ3) is 7.03. The highest BCUT2D eigenvalue weighted by Gasteiger charge is 2.28. The molecule has 37 heavy (non-hydrogen) atoms. The van der Waals surface area contributed by atoms with Gasteiger partial charge in [0.05, 0.1) is 13.1 Å². The molecule has 0 radical (unpaired) electrons. The fraction of sp³-hybridized carbons (Fsp3) is 0.192. The van der Waals surface area contributed by atoms with Crippen molar-refractivity contribution in [2.24, 2.45) is 0 Å². The highest BCUT2D eigenvalue weighted by atomic mass is 16.5. The van der Waals surface area contributed by atoms with E-state index in [1.54, 1.807) is 24.3 Å². The van der Waals surface area contributed by atoms with Crippen LogP contribution in [0.4, 0.5) is 0 Å². The topological polar surface area (TPSA) is 157 Å². The Hall–Kier alpha value is -4.95. The highest BCUT2D eigenvalue weighted by molar-refractivity contribution is 6.06. The second-order valence-electron chi connectivity index (χ2n) is 7.90. The molecule has 1 saturated heterocycles. The van der Waals surface area contributed by atoms with Crippen LogP contribution in [-0.2, 0) is 9.59 Å². The van der Waals surface area contributed by atoms with Crippen molar-refractivity contribution in [2.45, 2.75) is 6.42 Å². The summed E-state index contributed by atoms with van der Waals surface area (Å²) in [5.74, 6) is 0.347. The van der Waals surface area contributed by atoms with Gasteiger partial charge in [0.2, 0.25) is 5.91 Å². The molecule has 1 aliphatic rings. The Morgan fingerprint density at radius 2 is 1.43 bits per heavy atom. The smallest absolute Gasteiger partial charge is 0.274 e. The van der Waals surface area contributed by atoms with Crippen LogP contribution >= 0.6 is 0 Å². The number of hydrogen-bond acceptors (Lipinski definition) is 6. The van der Waals surface area contributed by atoms with Crippen LogP contribution in [0.5, 0.6) is 0 Å². The first-order valence-electron chi connectivity index (χ1n) is 11.3. The average Bonchev–Trinajstić information content (AvgIpc) is 2.92. The van der Waals surface area contributed by atoms with Gasteiger partial charge in [0.25, 0.3) is 23.6 Å².